The molecule has 2 aliphatic rings. The Labute approximate surface area is 240 Å². The predicted octanol–water partition coefficient (Wildman–Crippen LogP) is 4.10. The first-order chi connectivity index (χ1) is 18.8. The number of likely N-dealkylation sites (tertiary alicyclic amines) is 1. The van der Waals surface area contributed by atoms with Crippen LogP contribution in [-0.4, -0.2) is 73.4 Å². The molecule has 40 heavy (non-hydrogen) atoms. The van der Waals surface area contributed by atoms with Gasteiger partial charge in [0, 0.05) is 19.1 Å². The number of benzene rings is 2. The minimum absolute atomic E-state index is 0. The number of oxime groups is 1. The second kappa shape index (κ2) is 14.0. The van der Waals surface area contributed by atoms with Crippen molar-refractivity contribution in [2.24, 2.45) is 5.16 Å². The minimum Gasteiger partial charge on any atom is -0.497 e. The monoisotopic (exact) mass is 593 g/mol. The fourth-order valence-corrected chi connectivity index (χ4v) is 6.93. The van der Waals surface area contributed by atoms with Gasteiger partial charge in [0.15, 0.2) is 14.6 Å². The maximum atomic E-state index is 13.6. The van der Waals surface area contributed by atoms with Crippen LogP contribution in [0.2, 0.25) is 0 Å². The van der Waals surface area contributed by atoms with E-state index in [9.17, 15) is 18.4 Å². The molecule has 2 aromatic rings. The maximum absolute atomic E-state index is 13.6. The SMILES string of the molecule is COc1ccc(/C(C=NO)=C/CCCOc2ccc(S(=O)(=O)C3(C(=O)NO)CCN(C4CC4)CC3)cc2)cc1.Cl. The number of ether oxygens (including phenoxy) is 2. The molecule has 1 heterocycles. The summed E-state index contributed by atoms with van der Waals surface area (Å²) >= 11 is 0. The molecular weight excluding hydrogens is 558 g/mol. The Bertz CT molecular complexity index is 1290. The molecule has 0 aromatic heterocycles. The summed E-state index contributed by atoms with van der Waals surface area (Å²) in [5.41, 5.74) is 3.25. The number of hydrogen-bond donors (Lipinski definition) is 3. The highest BCUT2D eigenvalue weighted by Crippen LogP contribution is 2.39. The second-order valence-electron chi connectivity index (χ2n) is 9.80. The molecule has 218 valence electrons. The summed E-state index contributed by atoms with van der Waals surface area (Å²) in [5, 5.41) is 21.5. The van der Waals surface area contributed by atoms with E-state index in [1.165, 1.54) is 18.3 Å². The van der Waals surface area contributed by atoms with Gasteiger partial charge in [0.2, 0.25) is 0 Å². The fourth-order valence-electron chi connectivity index (χ4n) is 4.97. The van der Waals surface area contributed by atoms with Crippen molar-refractivity contribution in [3.05, 3.63) is 60.2 Å². The number of nitrogens with one attached hydrogen (secondary N) is 1. The highest BCUT2D eigenvalue weighted by Gasteiger charge is 2.53. The number of sulfone groups is 1. The number of nitrogens with zero attached hydrogens (tertiary/aromatic N) is 2. The summed E-state index contributed by atoms with van der Waals surface area (Å²) in [5.74, 6) is 0.359. The molecule has 1 amide bonds. The molecule has 12 heteroatoms. The van der Waals surface area contributed by atoms with Crippen molar-refractivity contribution in [2.45, 2.75) is 54.2 Å². The average molecular weight is 594 g/mol. The number of carbonyl (C=O) groups is 1. The molecule has 0 bridgehead atoms. The molecule has 0 unspecified atom stereocenters. The fraction of sp³-hybridized carbons (Fsp3) is 0.429. The summed E-state index contributed by atoms with van der Waals surface area (Å²) in [4.78, 5) is 14.9. The number of halogens is 1. The van der Waals surface area contributed by atoms with Gasteiger partial charge in [-0.15, -0.1) is 12.4 Å². The molecule has 10 nitrogen and oxygen atoms in total. The smallest absolute Gasteiger partial charge is 0.265 e. The van der Waals surface area contributed by atoms with Gasteiger partial charge < -0.3 is 19.6 Å². The molecule has 1 saturated carbocycles. The molecule has 2 aromatic carbocycles. The Morgan fingerprint density at radius 1 is 1.10 bits per heavy atom. The molecular formula is C28H36ClN3O7S. The number of hydrogen-bond acceptors (Lipinski definition) is 9. The van der Waals surface area contributed by atoms with Crippen molar-refractivity contribution in [1.82, 2.24) is 10.4 Å². The van der Waals surface area contributed by atoms with Crippen molar-refractivity contribution < 1.29 is 33.1 Å². The quantitative estimate of drug-likeness (QED) is 0.110. The number of piperidine rings is 1. The van der Waals surface area contributed by atoms with Crippen LogP contribution in [-0.2, 0) is 14.6 Å². The lowest BCUT2D eigenvalue weighted by Gasteiger charge is -2.39. The lowest BCUT2D eigenvalue weighted by molar-refractivity contribution is -0.133. The molecule has 1 aliphatic heterocycles. The second-order valence-corrected chi connectivity index (χ2v) is 12.1. The van der Waals surface area contributed by atoms with Crippen LogP contribution in [0.15, 0.2) is 64.7 Å². The first-order valence-electron chi connectivity index (χ1n) is 13.0. The number of allylic oxidation sites excluding steroid dienone is 2. The van der Waals surface area contributed by atoms with Crippen molar-refractivity contribution in [3.63, 3.8) is 0 Å². The Morgan fingerprint density at radius 2 is 1.73 bits per heavy atom. The number of carbonyl (C=O) groups excluding carboxylic acids is 1. The third-order valence-electron chi connectivity index (χ3n) is 7.43. The van der Waals surface area contributed by atoms with Gasteiger partial charge in [-0.25, -0.2) is 13.9 Å². The predicted molar refractivity (Wildman–Crippen MR) is 153 cm³/mol. The van der Waals surface area contributed by atoms with E-state index in [-0.39, 0.29) is 30.1 Å². The van der Waals surface area contributed by atoms with E-state index in [2.05, 4.69) is 10.1 Å². The Morgan fingerprint density at radius 3 is 2.27 bits per heavy atom. The van der Waals surface area contributed by atoms with E-state index in [1.807, 2.05) is 30.3 Å². The highest BCUT2D eigenvalue weighted by atomic mass is 35.5. The van der Waals surface area contributed by atoms with Crippen LogP contribution < -0.4 is 15.0 Å². The van der Waals surface area contributed by atoms with E-state index in [0.29, 0.717) is 44.3 Å². The van der Waals surface area contributed by atoms with E-state index < -0.39 is 20.5 Å². The molecule has 4 rings (SSSR count). The summed E-state index contributed by atoms with van der Waals surface area (Å²) in [6.45, 7) is 1.39. The van der Waals surface area contributed by atoms with E-state index in [4.69, 9.17) is 14.7 Å². The lowest BCUT2D eigenvalue weighted by Crippen LogP contribution is -2.58. The lowest BCUT2D eigenvalue weighted by atomic mass is 9.94. The van der Waals surface area contributed by atoms with Crippen molar-refractivity contribution in [1.29, 1.82) is 0 Å². The van der Waals surface area contributed by atoms with E-state index in [1.54, 1.807) is 24.7 Å². The normalized spacial score (nSPS) is 17.7. The van der Waals surface area contributed by atoms with E-state index >= 15 is 0 Å². The molecule has 3 N–H and O–H groups in total. The van der Waals surface area contributed by atoms with Crippen LogP contribution in [0.4, 0.5) is 0 Å². The highest BCUT2D eigenvalue weighted by molar-refractivity contribution is 7.93. The number of rotatable bonds is 12. The van der Waals surface area contributed by atoms with Crippen LogP contribution in [0, 0.1) is 0 Å². The summed E-state index contributed by atoms with van der Waals surface area (Å²) in [6, 6.07) is 13.9. The van der Waals surface area contributed by atoms with Gasteiger partial charge in [-0.1, -0.05) is 23.4 Å². The van der Waals surface area contributed by atoms with Gasteiger partial charge >= 0.3 is 0 Å². The average Bonchev–Trinajstić information content (AvgIpc) is 3.82. The van der Waals surface area contributed by atoms with Gasteiger partial charge in [0.1, 0.15) is 11.5 Å². The number of hydroxylamine groups is 1. The van der Waals surface area contributed by atoms with Crippen LogP contribution >= 0.6 is 12.4 Å². The minimum atomic E-state index is -4.06. The number of amides is 1. The first kappa shape index (κ1) is 31.4. The van der Waals surface area contributed by atoms with Crippen molar-refractivity contribution >= 4 is 39.9 Å². The molecule has 2 fully saturated rings. The summed E-state index contributed by atoms with van der Waals surface area (Å²) in [7, 11) is -2.46. The molecule has 1 saturated heterocycles. The van der Waals surface area contributed by atoms with Gasteiger partial charge in [0.05, 0.1) is 24.8 Å². The van der Waals surface area contributed by atoms with Crippen molar-refractivity contribution in [2.75, 3.05) is 26.8 Å². The van der Waals surface area contributed by atoms with Gasteiger partial charge in [-0.3, -0.25) is 10.0 Å². The van der Waals surface area contributed by atoms with Crippen LogP contribution in [0.3, 0.4) is 0 Å². The Balaban J connectivity index is 0.00000441. The standard InChI is InChI=1S/C28H35N3O7S.ClH/c1-37-24-9-5-21(6-10-24)22(20-29-33)4-2-3-19-38-25-11-13-26(14-12-25)39(35,36)28(27(32)30-34)15-17-31(18-16-28)23-7-8-23;/h4-6,9-14,20,23,33-34H,2-3,7-8,15-19H2,1H3,(H,30,32);1H/b22-4+,29-20?;. The van der Waals surface area contributed by atoms with Crippen molar-refractivity contribution in [3.8, 4) is 11.5 Å². The first-order valence-corrected chi connectivity index (χ1v) is 14.5. The number of unbranched alkanes of at least 4 members (excludes halogenated alkanes) is 1. The third-order valence-corrected chi connectivity index (χ3v) is 9.95. The summed E-state index contributed by atoms with van der Waals surface area (Å²) in [6.07, 6.45) is 7.12. The third kappa shape index (κ3) is 6.95. The van der Waals surface area contributed by atoms with Crippen LogP contribution in [0.25, 0.3) is 5.57 Å². The van der Waals surface area contributed by atoms with Crippen LogP contribution in [0.5, 0.6) is 11.5 Å². The summed E-state index contributed by atoms with van der Waals surface area (Å²) < 4.78 is 36.5. The molecule has 0 spiro atoms. The molecule has 0 atom stereocenters. The zero-order valence-corrected chi connectivity index (χ0v) is 24.0. The largest absolute Gasteiger partial charge is 0.497 e. The molecule has 1 aliphatic carbocycles. The number of methoxy groups -OCH3 is 1. The molecule has 0 radical (unpaired) electrons. The van der Waals surface area contributed by atoms with E-state index in [0.717, 1.165) is 29.7 Å². The Kier molecular flexibility index (Phi) is 11.0. The van der Waals surface area contributed by atoms with Gasteiger partial charge in [-0.05, 0) is 86.1 Å². The zero-order chi connectivity index (χ0) is 27.9. The maximum Gasteiger partial charge on any atom is 0.265 e. The zero-order valence-electron chi connectivity index (χ0n) is 22.4. The van der Waals surface area contributed by atoms with Gasteiger partial charge in [0.25, 0.3) is 5.91 Å². The van der Waals surface area contributed by atoms with Gasteiger partial charge in [-0.2, -0.15) is 0 Å². The van der Waals surface area contributed by atoms with Crippen LogP contribution in [0.1, 0.15) is 44.1 Å². The topological polar surface area (TPSA) is 138 Å². The Hall–Kier alpha value is -3.12.